The van der Waals surface area contributed by atoms with Gasteiger partial charge in [0.05, 0.1) is 0 Å². The molecule has 0 radical (unpaired) electrons. The Bertz CT molecular complexity index is 443. The molecule has 0 saturated carbocycles. The number of carboxylic acids is 1. The number of hydrogen-bond acceptors (Lipinski definition) is 3. The molecule has 1 aromatic rings. The summed E-state index contributed by atoms with van der Waals surface area (Å²) < 4.78 is 5.76. The highest BCUT2D eigenvalue weighted by Crippen LogP contribution is 2.27. The van der Waals surface area contributed by atoms with E-state index in [1.165, 1.54) is 5.56 Å². The Balaban J connectivity index is 1.74. The van der Waals surface area contributed by atoms with Crippen molar-refractivity contribution in [2.24, 2.45) is 0 Å². The molecule has 0 fully saturated rings. The smallest absolute Gasteiger partial charge is 0.330 e. The number of benzene rings is 1. The van der Waals surface area contributed by atoms with E-state index in [9.17, 15) is 4.79 Å². The van der Waals surface area contributed by atoms with Crippen LogP contribution in [0.5, 0.6) is 5.75 Å². The van der Waals surface area contributed by atoms with Crippen molar-refractivity contribution in [1.82, 2.24) is 5.32 Å². The fraction of sp³-hybridized carbons (Fsp3) is 0.357. The van der Waals surface area contributed by atoms with Crippen molar-refractivity contribution < 1.29 is 14.6 Å². The summed E-state index contributed by atoms with van der Waals surface area (Å²) in [6.07, 6.45) is 2.72. The third-order valence-corrected chi connectivity index (χ3v) is 2.98. The minimum absolute atomic E-state index is 0.140. The van der Waals surface area contributed by atoms with E-state index in [1.54, 1.807) is 13.0 Å². The average Bonchev–Trinajstić information content (AvgIpc) is 2.76. The molecule has 0 amide bonds. The maximum atomic E-state index is 10.6. The lowest BCUT2D eigenvalue weighted by molar-refractivity contribution is -0.132. The van der Waals surface area contributed by atoms with Gasteiger partial charge in [-0.3, -0.25) is 0 Å². The number of carboxylic acid groups (broad SMARTS) is 1. The summed E-state index contributed by atoms with van der Waals surface area (Å²) in [6.45, 7) is 2.86. The first-order valence-electron chi connectivity index (χ1n) is 6.02. The van der Waals surface area contributed by atoms with E-state index in [-0.39, 0.29) is 6.10 Å². The first-order chi connectivity index (χ1) is 8.66. The van der Waals surface area contributed by atoms with Gasteiger partial charge in [-0.15, -0.1) is 0 Å². The second-order valence-electron chi connectivity index (χ2n) is 4.40. The van der Waals surface area contributed by atoms with E-state index in [2.05, 4.69) is 11.4 Å². The summed E-state index contributed by atoms with van der Waals surface area (Å²) >= 11 is 0. The number of ether oxygens (including phenoxy) is 1. The quantitative estimate of drug-likeness (QED) is 0.613. The molecule has 1 atom stereocenters. The average molecular weight is 247 g/mol. The summed E-state index contributed by atoms with van der Waals surface area (Å²) in [6, 6.07) is 8.03. The normalized spacial score (nSPS) is 18.3. The standard InChI is InChI=1S/C14H17NO3/c1-10(14(16)17)6-7-15-9-12-8-11-4-2-3-5-13(11)18-12/h2-6,12,15H,7-9H2,1H3,(H,16,17)/b10-6-. The molecular formula is C14H17NO3. The molecule has 2 N–H and O–H groups in total. The second-order valence-corrected chi connectivity index (χ2v) is 4.40. The van der Waals surface area contributed by atoms with Crippen molar-refractivity contribution in [2.45, 2.75) is 19.4 Å². The zero-order valence-electron chi connectivity index (χ0n) is 10.3. The molecule has 0 saturated heterocycles. The fourth-order valence-corrected chi connectivity index (χ4v) is 1.92. The van der Waals surface area contributed by atoms with Gasteiger partial charge in [0.25, 0.3) is 0 Å². The van der Waals surface area contributed by atoms with Gasteiger partial charge in [-0.2, -0.15) is 0 Å². The topological polar surface area (TPSA) is 58.6 Å². The number of rotatable bonds is 5. The van der Waals surface area contributed by atoms with Crippen molar-refractivity contribution in [3.8, 4) is 5.75 Å². The van der Waals surface area contributed by atoms with Crippen molar-refractivity contribution in [1.29, 1.82) is 0 Å². The predicted molar refractivity (Wildman–Crippen MR) is 68.8 cm³/mol. The molecule has 1 unspecified atom stereocenters. The Morgan fingerprint density at radius 1 is 1.56 bits per heavy atom. The van der Waals surface area contributed by atoms with Crippen LogP contribution in [-0.4, -0.2) is 30.3 Å². The molecule has 96 valence electrons. The molecular weight excluding hydrogens is 230 g/mol. The molecule has 4 heteroatoms. The third kappa shape index (κ3) is 3.11. The van der Waals surface area contributed by atoms with Gasteiger partial charge in [0.2, 0.25) is 0 Å². The highest BCUT2D eigenvalue weighted by molar-refractivity contribution is 5.85. The minimum Gasteiger partial charge on any atom is -0.488 e. The van der Waals surface area contributed by atoms with E-state index < -0.39 is 5.97 Å². The van der Waals surface area contributed by atoms with Crippen LogP contribution < -0.4 is 10.1 Å². The van der Waals surface area contributed by atoms with Crippen LogP contribution in [0.15, 0.2) is 35.9 Å². The molecule has 1 heterocycles. The van der Waals surface area contributed by atoms with Crippen LogP contribution in [0, 0.1) is 0 Å². The molecule has 0 aliphatic carbocycles. The Morgan fingerprint density at radius 3 is 3.06 bits per heavy atom. The summed E-state index contributed by atoms with van der Waals surface area (Å²) in [5, 5.41) is 11.9. The molecule has 0 spiro atoms. The van der Waals surface area contributed by atoms with E-state index >= 15 is 0 Å². The first-order valence-corrected chi connectivity index (χ1v) is 6.02. The molecule has 2 rings (SSSR count). The van der Waals surface area contributed by atoms with E-state index in [4.69, 9.17) is 9.84 Å². The van der Waals surface area contributed by atoms with Gasteiger partial charge in [0.15, 0.2) is 0 Å². The molecule has 0 bridgehead atoms. The highest BCUT2D eigenvalue weighted by Gasteiger charge is 2.21. The van der Waals surface area contributed by atoms with Crippen LogP contribution in [0.1, 0.15) is 12.5 Å². The summed E-state index contributed by atoms with van der Waals surface area (Å²) in [5.41, 5.74) is 1.60. The van der Waals surface area contributed by atoms with Crippen molar-refractivity contribution >= 4 is 5.97 Å². The van der Waals surface area contributed by atoms with Gasteiger partial charge in [-0.1, -0.05) is 24.3 Å². The zero-order valence-corrected chi connectivity index (χ0v) is 10.3. The SMILES string of the molecule is C/C(=C/CNCC1Cc2ccccc2O1)C(=O)O. The van der Waals surface area contributed by atoms with Gasteiger partial charge in [0, 0.05) is 25.1 Å². The number of aliphatic carboxylic acids is 1. The van der Waals surface area contributed by atoms with Crippen LogP contribution in [0.25, 0.3) is 0 Å². The summed E-state index contributed by atoms with van der Waals surface area (Å²) in [4.78, 5) is 10.6. The van der Waals surface area contributed by atoms with E-state index in [0.29, 0.717) is 12.1 Å². The van der Waals surface area contributed by atoms with Crippen molar-refractivity contribution in [3.05, 3.63) is 41.5 Å². The fourth-order valence-electron chi connectivity index (χ4n) is 1.92. The van der Waals surface area contributed by atoms with E-state index in [1.807, 2.05) is 18.2 Å². The molecule has 1 aliphatic rings. The molecule has 4 nitrogen and oxygen atoms in total. The van der Waals surface area contributed by atoms with Gasteiger partial charge in [-0.05, 0) is 18.6 Å². The predicted octanol–water partition coefficient (Wildman–Crippen LogP) is 1.61. The highest BCUT2D eigenvalue weighted by atomic mass is 16.5. The van der Waals surface area contributed by atoms with Crippen LogP contribution in [0.3, 0.4) is 0 Å². The number of para-hydroxylation sites is 1. The first kappa shape index (κ1) is 12.6. The lowest BCUT2D eigenvalue weighted by atomic mass is 10.1. The number of nitrogens with one attached hydrogen (secondary N) is 1. The van der Waals surface area contributed by atoms with Crippen LogP contribution in [0.4, 0.5) is 0 Å². The Labute approximate surface area is 106 Å². The Hall–Kier alpha value is -1.81. The molecule has 0 aromatic heterocycles. The van der Waals surface area contributed by atoms with Gasteiger partial charge < -0.3 is 15.2 Å². The number of hydrogen-bond donors (Lipinski definition) is 2. The molecule has 18 heavy (non-hydrogen) atoms. The van der Waals surface area contributed by atoms with Gasteiger partial charge in [0.1, 0.15) is 11.9 Å². The Morgan fingerprint density at radius 2 is 2.33 bits per heavy atom. The third-order valence-electron chi connectivity index (χ3n) is 2.98. The summed E-state index contributed by atoms with van der Waals surface area (Å²) in [7, 11) is 0. The summed E-state index contributed by atoms with van der Waals surface area (Å²) in [5.74, 6) is 0.0860. The number of carbonyl (C=O) groups is 1. The maximum absolute atomic E-state index is 10.6. The largest absolute Gasteiger partial charge is 0.488 e. The van der Waals surface area contributed by atoms with Crippen molar-refractivity contribution in [2.75, 3.05) is 13.1 Å². The molecule has 1 aromatic carbocycles. The van der Waals surface area contributed by atoms with Crippen LogP contribution >= 0.6 is 0 Å². The zero-order chi connectivity index (χ0) is 13.0. The van der Waals surface area contributed by atoms with Gasteiger partial charge in [-0.25, -0.2) is 4.79 Å². The van der Waals surface area contributed by atoms with E-state index in [0.717, 1.165) is 18.7 Å². The lowest BCUT2D eigenvalue weighted by Gasteiger charge is -2.10. The monoisotopic (exact) mass is 247 g/mol. The van der Waals surface area contributed by atoms with Crippen molar-refractivity contribution in [3.63, 3.8) is 0 Å². The minimum atomic E-state index is -0.874. The molecule has 1 aliphatic heterocycles. The van der Waals surface area contributed by atoms with Crippen LogP contribution in [-0.2, 0) is 11.2 Å². The second kappa shape index (κ2) is 5.69. The lowest BCUT2D eigenvalue weighted by Crippen LogP contribution is -2.30. The Kier molecular flexibility index (Phi) is 3.99. The number of fused-ring (bicyclic) bond motifs is 1. The van der Waals surface area contributed by atoms with Gasteiger partial charge >= 0.3 is 5.97 Å². The van der Waals surface area contributed by atoms with Crippen LogP contribution in [0.2, 0.25) is 0 Å². The maximum Gasteiger partial charge on any atom is 0.330 e.